The fourth-order valence-electron chi connectivity index (χ4n) is 4.27. The minimum Gasteiger partial charge on any atom is -0.366 e. The maximum absolute atomic E-state index is 15.5. The fourth-order valence-corrected chi connectivity index (χ4v) is 4.27. The second-order valence-corrected chi connectivity index (χ2v) is 10.0. The lowest BCUT2D eigenvalue weighted by Gasteiger charge is -2.22. The second-order valence-electron chi connectivity index (χ2n) is 10.0. The third-order valence-corrected chi connectivity index (χ3v) is 6.22. The van der Waals surface area contributed by atoms with Gasteiger partial charge < -0.3 is 11.1 Å². The predicted octanol–water partition coefficient (Wildman–Crippen LogP) is 4.36. The van der Waals surface area contributed by atoms with E-state index < -0.39 is 17.3 Å². The number of hydrogen-bond acceptors (Lipinski definition) is 5. The van der Waals surface area contributed by atoms with E-state index in [9.17, 15) is 9.59 Å². The number of carbonyl (C=O) groups excluding carboxylic acids is 1. The van der Waals surface area contributed by atoms with Crippen LogP contribution in [0.4, 0.5) is 4.39 Å². The second kappa shape index (κ2) is 9.68. The minimum absolute atomic E-state index is 0.0667. The molecule has 0 atom stereocenters. The van der Waals surface area contributed by atoms with Crippen LogP contribution < -0.4 is 16.6 Å². The first-order chi connectivity index (χ1) is 18.1. The molecule has 9 heteroatoms. The Morgan fingerprint density at radius 1 is 0.974 bits per heavy atom. The average Bonchev–Trinajstić information content (AvgIpc) is 3.33. The average molecular weight is 511 g/mol. The summed E-state index contributed by atoms with van der Waals surface area (Å²) in [6.07, 6.45) is 2.70. The maximum atomic E-state index is 15.5. The largest absolute Gasteiger partial charge is 0.366 e. The molecule has 0 fully saturated rings. The van der Waals surface area contributed by atoms with Gasteiger partial charge in [0, 0.05) is 23.3 Å². The van der Waals surface area contributed by atoms with E-state index in [2.05, 4.69) is 36.1 Å². The molecule has 0 spiro atoms. The highest BCUT2D eigenvalue weighted by molar-refractivity contribution is 5.93. The van der Waals surface area contributed by atoms with Gasteiger partial charge in [0.05, 0.1) is 5.69 Å². The Hall–Kier alpha value is -4.63. The van der Waals surface area contributed by atoms with E-state index in [1.807, 2.05) is 24.3 Å². The van der Waals surface area contributed by atoms with Crippen LogP contribution in [0.2, 0.25) is 0 Å². The molecule has 3 N–H and O–H groups in total. The topological polar surface area (TPSA) is 108 Å². The molecule has 0 radical (unpaired) electrons. The molecule has 0 aliphatic rings. The van der Waals surface area contributed by atoms with Crippen molar-refractivity contribution < 1.29 is 9.18 Å². The zero-order chi connectivity index (χ0) is 27.0. The molecule has 0 bridgehead atoms. The molecule has 5 rings (SSSR count). The summed E-state index contributed by atoms with van der Waals surface area (Å²) in [6.45, 7) is 6.90. The Balaban J connectivity index is 1.56. The van der Waals surface area contributed by atoms with Crippen molar-refractivity contribution in [2.75, 3.05) is 0 Å². The molecule has 38 heavy (non-hydrogen) atoms. The van der Waals surface area contributed by atoms with Crippen molar-refractivity contribution in [2.45, 2.75) is 32.9 Å². The molecule has 5 aromatic rings. The van der Waals surface area contributed by atoms with Gasteiger partial charge in [0.25, 0.3) is 5.56 Å². The van der Waals surface area contributed by atoms with Crippen molar-refractivity contribution in [2.24, 2.45) is 5.73 Å². The predicted molar refractivity (Wildman–Crippen MR) is 145 cm³/mol. The van der Waals surface area contributed by atoms with Crippen LogP contribution in [0, 0.1) is 5.82 Å². The molecule has 0 unspecified atom stereocenters. The standard InChI is InChI=1S/C29H27FN6O2/c1-29(2,3)34-15-20-7-4-5-10-22(20)18-11-12-24(23(30)14-18)36-17-33-27-25(28(36)38)35(16-32-27)21-9-6-8-19(13-21)26(31)37/h4-14,16-17,34H,15H2,1-3H3,(H2,31,37). The zero-order valence-electron chi connectivity index (χ0n) is 21.3. The lowest BCUT2D eigenvalue weighted by Crippen LogP contribution is -2.35. The minimum atomic E-state index is -0.593. The third-order valence-electron chi connectivity index (χ3n) is 6.22. The van der Waals surface area contributed by atoms with Crippen molar-refractivity contribution in [3.63, 3.8) is 0 Å². The van der Waals surface area contributed by atoms with Gasteiger partial charge in [-0.3, -0.25) is 18.7 Å². The molecule has 0 saturated heterocycles. The number of amides is 1. The first-order valence-electron chi connectivity index (χ1n) is 12.1. The SMILES string of the molecule is CC(C)(C)NCc1ccccc1-c1ccc(-n2cnc3ncn(-c4cccc(C(N)=O)c4)c3c2=O)c(F)c1. The van der Waals surface area contributed by atoms with Gasteiger partial charge in [0.1, 0.15) is 18.5 Å². The number of nitrogens with zero attached hydrogens (tertiary/aromatic N) is 4. The van der Waals surface area contributed by atoms with E-state index in [1.54, 1.807) is 36.4 Å². The van der Waals surface area contributed by atoms with Gasteiger partial charge in [0.15, 0.2) is 11.2 Å². The Morgan fingerprint density at radius 3 is 2.42 bits per heavy atom. The van der Waals surface area contributed by atoms with E-state index in [-0.39, 0.29) is 28.0 Å². The number of nitrogens with one attached hydrogen (secondary N) is 1. The van der Waals surface area contributed by atoms with Crippen LogP contribution >= 0.6 is 0 Å². The molecule has 1 amide bonds. The molecular formula is C29H27FN6O2. The number of benzene rings is 3. The Kier molecular flexibility index (Phi) is 6.38. The number of halogens is 1. The Bertz CT molecular complexity index is 1730. The number of fused-ring (bicyclic) bond motifs is 1. The molecular weight excluding hydrogens is 483 g/mol. The number of aromatic nitrogens is 4. The number of hydrogen-bond donors (Lipinski definition) is 2. The van der Waals surface area contributed by atoms with Crippen molar-refractivity contribution in [1.82, 2.24) is 24.4 Å². The van der Waals surface area contributed by atoms with Gasteiger partial charge in [-0.2, -0.15) is 0 Å². The van der Waals surface area contributed by atoms with Gasteiger partial charge in [-0.15, -0.1) is 0 Å². The molecule has 2 aromatic heterocycles. The first kappa shape index (κ1) is 25.0. The monoisotopic (exact) mass is 510 g/mol. The van der Waals surface area contributed by atoms with Crippen LogP contribution in [0.5, 0.6) is 0 Å². The van der Waals surface area contributed by atoms with Gasteiger partial charge in [-0.25, -0.2) is 14.4 Å². The number of nitrogens with two attached hydrogens (primary N) is 1. The van der Waals surface area contributed by atoms with E-state index in [0.29, 0.717) is 17.8 Å². The van der Waals surface area contributed by atoms with Crippen molar-refractivity contribution in [1.29, 1.82) is 0 Å². The molecule has 8 nitrogen and oxygen atoms in total. The van der Waals surface area contributed by atoms with Gasteiger partial charge >= 0.3 is 0 Å². The quantitative estimate of drug-likeness (QED) is 0.353. The summed E-state index contributed by atoms with van der Waals surface area (Å²) >= 11 is 0. The smallest absolute Gasteiger partial charge is 0.284 e. The summed E-state index contributed by atoms with van der Waals surface area (Å²) in [5, 5.41) is 3.47. The summed E-state index contributed by atoms with van der Waals surface area (Å²) in [5.74, 6) is -1.16. The maximum Gasteiger partial charge on any atom is 0.284 e. The number of imidazole rings is 1. The van der Waals surface area contributed by atoms with Gasteiger partial charge in [0.2, 0.25) is 5.91 Å². The van der Waals surface area contributed by atoms with E-state index in [4.69, 9.17) is 5.73 Å². The number of rotatable bonds is 6. The Labute approximate surface area is 218 Å². The first-order valence-corrected chi connectivity index (χ1v) is 12.1. The van der Waals surface area contributed by atoms with Gasteiger partial charge in [-0.05, 0) is 67.8 Å². The Morgan fingerprint density at radius 2 is 1.71 bits per heavy atom. The van der Waals surface area contributed by atoms with Crippen LogP contribution in [0.15, 0.2) is 84.2 Å². The van der Waals surface area contributed by atoms with E-state index >= 15 is 4.39 Å². The molecule has 2 heterocycles. The molecule has 3 aromatic carbocycles. The number of carbonyl (C=O) groups is 1. The van der Waals surface area contributed by atoms with E-state index in [1.165, 1.54) is 23.3 Å². The van der Waals surface area contributed by atoms with Gasteiger partial charge in [-0.1, -0.05) is 36.4 Å². The highest BCUT2D eigenvalue weighted by atomic mass is 19.1. The van der Waals surface area contributed by atoms with Crippen molar-refractivity contribution in [3.05, 3.63) is 107 Å². The summed E-state index contributed by atoms with van der Waals surface area (Å²) in [7, 11) is 0. The van der Waals surface area contributed by atoms with Crippen molar-refractivity contribution >= 4 is 17.1 Å². The molecule has 0 aliphatic heterocycles. The third kappa shape index (κ3) is 4.83. The highest BCUT2D eigenvalue weighted by Gasteiger charge is 2.17. The summed E-state index contributed by atoms with van der Waals surface area (Å²) in [5.41, 5.74) is 8.70. The summed E-state index contributed by atoms with van der Waals surface area (Å²) in [6, 6.07) is 19.1. The molecule has 192 valence electrons. The number of primary amides is 1. The molecule has 0 aliphatic carbocycles. The molecule has 0 saturated carbocycles. The van der Waals surface area contributed by atoms with Crippen LogP contribution in [0.1, 0.15) is 36.7 Å². The normalized spacial score (nSPS) is 11.7. The van der Waals surface area contributed by atoms with Crippen molar-refractivity contribution in [3.8, 4) is 22.5 Å². The van der Waals surface area contributed by atoms with E-state index in [0.717, 1.165) is 15.7 Å². The fraction of sp³-hybridized carbons (Fsp3) is 0.172. The van der Waals surface area contributed by atoms with Crippen LogP contribution in [-0.2, 0) is 6.54 Å². The summed E-state index contributed by atoms with van der Waals surface area (Å²) in [4.78, 5) is 33.7. The van der Waals surface area contributed by atoms with Crippen LogP contribution in [0.25, 0.3) is 33.7 Å². The highest BCUT2D eigenvalue weighted by Crippen LogP contribution is 2.27. The zero-order valence-corrected chi connectivity index (χ0v) is 21.3. The lowest BCUT2D eigenvalue weighted by molar-refractivity contribution is 0.1000. The van der Waals surface area contributed by atoms with Crippen LogP contribution in [0.3, 0.4) is 0 Å². The van der Waals surface area contributed by atoms with Crippen LogP contribution in [-0.4, -0.2) is 30.5 Å². The lowest BCUT2D eigenvalue weighted by atomic mass is 9.98. The summed E-state index contributed by atoms with van der Waals surface area (Å²) < 4.78 is 18.2.